The number of amides is 1. The van der Waals surface area contributed by atoms with Gasteiger partial charge in [0.15, 0.2) is 11.0 Å². The third kappa shape index (κ3) is 4.40. The van der Waals surface area contributed by atoms with Crippen LogP contribution in [0.15, 0.2) is 53.5 Å². The Morgan fingerprint density at radius 1 is 1.07 bits per heavy atom. The monoisotopic (exact) mass is 383 g/mol. The standard InChI is InChI=1S/C19H17N3O4S/c1-13(23)14-3-7-16(8-4-14)20-19-21(11-2-12-27-19)18(24)15-5-9-17(10-6-15)22(25)26/h3-10H,2,11-12H2,1H3. The zero-order valence-corrected chi connectivity index (χ0v) is 15.4. The molecule has 1 aliphatic heterocycles. The largest absolute Gasteiger partial charge is 0.295 e. The van der Waals surface area contributed by atoms with Gasteiger partial charge in [0.2, 0.25) is 0 Å². The number of ketones is 1. The highest BCUT2D eigenvalue weighted by Crippen LogP contribution is 2.25. The topological polar surface area (TPSA) is 92.9 Å². The van der Waals surface area contributed by atoms with Crippen LogP contribution in [0.2, 0.25) is 0 Å². The maximum absolute atomic E-state index is 12.8. The zero-order chi connectivity index (χ0) is 19.4. The van der Waals surface area contributed by atoms with E-state index in [4.69, 9.17) is 0 Å². The van der Waals surface area contributed by atoms with Crippen LogP contribution in [-0.4, -0.2) is 39.0 Å². The Bertz CT molecular complexity index is 908. The van der Waals surface area contributed by atoms with E-state index < -0.39 is 4.92 Å². The number of carbonyl (C=O) groups is 2. The van der Waals surface area contributed by atoms with Crippen LogP contribution >= 0.6 is 11.8 Å². The Balaban J connectivity index is 1.84. The molecule has 8 heteroatoms. The second-order valence-corrected chi connectivity index (χ2v) is 7.02. The van der Waals surface area contributed by atoms with Gasteiger partial charge in [-0.1, -0.05) is 11.8 Å². The van der Waals surface area contributed by atoms with E-state index in [1.165, 1.54) is 43.0 Å². The highest BCUT2D eigenvalue weighted by molar-refractivity contribution is 8.13. The average Bonchev–Trinajstić information content (AvgIpc) is 2.68. The third-order valence-corrected chi connectivity index (χ3v) is 5.12. The number of carbonyl (C=O) groups excluding carboxylic acids is 2. The van der Waals surface area contributed by atoms with E-state index in [2.05, 4.69) is 4.99 Å². The van der Waals surface area contributed by atoms with Gasteiger partial charge in [-0.25, -0.2) is 4.99 Å². The summed E-state index contributed by atoms with van der Waals surface area (Å²) in [4.78, 5) is 40.6. The molecule has 0 N–H and O–H groups in total. The fourth-order valence-electron chi connectivity index (χ4n) is 2.60. The summed E-state index contributed by atoms with van der Waals surface area (Å²) in [6.07, 6.45) is 0.839. The van der Waals surface area contributed by atoms with Crippen LogP contribution in [0.3, 0.4) is 0 Å². The first-order chi connectivity index (χ1) is 13.0. The van der Waals surface area contributed by atoms with Crippen molar-refractivity contribution in [2.24, 2.45) is 4.99 Å². The Morgan fingerprint density at radius 2 is 1.70 bits per heavy atom. The Hall–Kier alpha value is -3.00. The lowest BCUT2D eigenvalue weighted by Crippen LogP contribution is -2.39. The fourth-order valence-corrected chi connectivity index (χ4v) is 3.56. The van der Waals surface area contributed by atoms with Gasteiger partial charge in [-0.2, -0.15) is 0 Å². The highest BCUT2D eigenvalue weighted by atomic mass is 32.2. The molecule has 3 rings (SSSR count). The van der Waals surface area contributed by atoms with Gasteiger partial charge in [-0.3, -0.25) is 24.6 Å². The number of nitro groups is 1. The predicted octanol–water partition coefficient (Wildman–Crippen LogP) is 4.06. The molecule has 2 aromatic rings. The normalized spacial score (nSPS) is 15.6. The Morgan fingerprint density at radius 3 is 2.30 bits per heavy atom. The summed E-state index contributed by atoms with van der Waals surface area (Å²) < 4.78 is 0. The zero-order valence-electron chi connectivity index (χ0n) is 14.6. The first-order valence-electron chi connectivity index (χ1n) is 8.34. The van der Waals surface area contributed by atoms with E-state index in [-0.39, 0.29) is 17.4 Å². The molecule has 1 saturated heterocycles. The molecule has 0 aliphatic carbocycles. The lowest BCUT2D eigenvalue weighted by Gasteiger charge is -2.27. The average molecular weight is 383 g/mol. The number of amidine groups is 1. The molecule has 0 aromatic heterocycles. The number of nitrogens with zero attached hydrogens (tertiary/aromatic N) is 3. The van der Waals surface area contributed by atoms with Gasteiger partial charge in [-0.05, 0) is 49.7 Å². The summed E-state index contributed by atoms with van der Waals surface area (Å²) in [5.74, 6) is 0.599. The number of aliphatic imine (C=N–C) groups is 1. The summed E-state index contributed by atoms with van der Waals surface area (Å²) >= 11 is 1.49. The van der Waals surface area contributed by atoms with Gasteiger partial charge in [0, 0.05) is 35.6 Å². The Kier molecular flexibility index (Phi) is 5.66. The summed E-state index contributed by atoms with van der Waals surface area (Å²) in [6, 6.07) is 12.5. The van der Waals surface area contributed by atoms with Crippen LogP contribution in [0.5, 0.6) is 0 Å². The van der Waals surface area contributed by atoms with Gasteiger partial charge in [0.05, 0.1) is 10.6 Å². The van der Waals surface area contributed by atoms with E-state index in [9.17, 15) is 19.7 Å². The molecule has 7 nitrogen and oxygen atoms in total. The van der Waals surface area contributed by atoms with Gasteiger partial charge < -0.3 is 0 Å². The lowest BCUT2D eigenvalue weighted by atomic mass is 10.1. The van der Waals surface area contributed by atoms with Crippen LogP contribution < -0.4 is 0 Å². The van der Waals surface area contributed by atoms with Crippen LogP contribution in [-0.2, 0) is 0 Å². The maximum atomic E-state index is 12.8. The van der Waals surface area contributed by atoms with Crippen molar-refractivity contribution in [3.63, 3.8) is 0 Å². The molecule has 0 unspecified atom stereocenters. The van der Waals surface area contributed by atoms with Crippen molar-refractivity contribution in [3.05, 3.63) is 69.8 Å². The lowest BCUT2D eigenvalue weighted by molar-refractivity contribution is -0.384. The first-order valence-corrected chi connectivity index (χ1v) is 9.33. The van der Waals surface area contributed by atoms with Crippen molar-refractivity contribution in [3.8, 4) is 0 Å². The van der Waals surface area contributed by atoms with E-state index in [0.29, 0.717) is 28.5 Å². The van der Waals surface area contributed by atoms with Crippen molar-refractivity contribution in [1.82, 2.24) is 4.90 Å². The van der Waals surface area contributed by atoms with Crippen LogP contribution in [0, 0.1) is 10.1 Å². The summed E-state index contributed by atoms with van der Waals surface area (Å²) in [5, 5.41) is 11.4. The van der Waals surface area contributed by atoms with Crippen molar-refractivity contribution < 1.29 is 14.5 Å². The molecule has 0 radical (unpaired) electrons. The molecule has 1 aliphatic rings. The van der Waals surface area contributed by atoms with E-state index >= 15 is 0 Å². The summed E-state index contributed by atoms with van der Waals surface area (Å²) in [6.45, 7) is 2.04. The number of nitro benzene ring substituents is 1. The molecular formula is C19H17N3O4S. The predicted molar refractivity (Wildman–Crippen MR) is 105 cm³/mol. The summed E-state index contributed by atoms with van der Waals surface area (Å²) in [7, 11) is 0. The smallest absolute Gasteiger partial charge is 0.269 e. The van der Waals surface area contributed by atoms with Gasteiger partial charge >= 0.3 is 0 Å². The van der Waals surface area contributed by atoms with Crippen molar-refractivity contribution >= 4 is 40.0 Å². The molecule has 0 bridgehead atoms. The quantitative estimate of drug-likeness (QED) is 0.451. The number of thioether (sulfide) groups is 1. The number of rotatable bonds is 4. The van der Waals surface area contributed by atoms with E-state index in [0.717, 1.165) is 12.2 Å². The second kappa shape index (κ2) is 8.13. The molecule has 1 fully saturated rings. The molecule has 1 amide bonds. The van der Waals surface area contributed by atoms with Crippen molar-refractivity contribution in [2.75, 3.05) is 12.3 Å². The molecule has 27 heavy (non-hydrogen) atoms. The number of hydrogen-bond donors (Lipinski definition) is 0. The van der Waals surface area contributed by atoms with Crippen LogP contribution in [0.25, 0.3) is 0 Å². The van der Waals surface area contributed by atoms with Crippen LogP contribution in [0.4, 0.5) is 11.4 Å². The van der Waals surface area contributed by atoms with Crippen LogP contribution in [0.1, 0.15) is 34.1 Å². The number of non-ortho nitro benzene ring substituents is 1. The van der Waals surface area contributed by atoms with Crippen molar-refractivity contribution in [2.45, 2.75) is 13.3 Å². The molecule has 1 heterocycles. The van der Waals surface area contributed by atoms with E-state index in [1.54, 1.807) is 29.2 Å². The fraction of sp³-hybridized carbons (Fsp3) is 0.211. The maximum Gasteiger partial charge on any atom is 0.269 e. The Labute approximate surface area is 160 Å². The van der Waals surface area contributed by atoms with E-state index in [1.807, 2.05) is 0 Å². The second-order valence-electron chi connectivity index (χ2n) is 5.96. The molecule has 138 valence electrons. The molecule has 0 spiro atoms. The van der Waals surface area contributed by atoms with Gasteiger partial charge in [0.1, 0.15) is 0 Å². The number of benzene rings is 2. The highest BCUT2D eigenvalue weighted by Gasteiger charge is 2.25. The van der Waals surface area contributed by atoms with Crippen molar-refractivity contribution in [1.29, 1.82) is 0 Å². The minimum Gasteiger partial charge on any atom is -0.295 e. The molecule has 2 aromatic carbocycles. The molecule has 0 saturated carbocycles. The SMILES string of the molecule is CC(=O)c1ccc(N=C2SCCCN2C(=O)c2ccc([N+](=O)[O-])cc2)cc1. The molecular weight excluding hydrogens is 366 g/mol. The van der Waals surface area contributed by atoms with Gasteiger partial charge in [0.25, 0.3) is 11.6 Å². The molecule has 0 atom stereocenters. The summed E-state index contributed by atoms with van der Waals surface area (Å²) in [5.41, 5.74) is 1.58. The number of hydrogen-bond acceptors (Lipinski definition) is 6. The first kappa shape index (κ1) is 18.8. The minimum absolute atomic E-state index is 0.0174. The minimum atomic E-state index is -0.497. The van der Waals surface area contributed by atoms with Gasteiger partial charge in [-0.15, -0.1) is 0 Å². The number of Topliss-reactive ketones (excluding diaryl/α,β-unsaturated/α-hetero) is 1. The third-order valence-electron chi connectivity index (χ3n) is 4.06.